The Balaban J connectivity index is 5.01. The maximum atomic E-state index is 2.73. The second-order valence-corrected chi connectivity index (χ2v) is 11.3. The average molecular weight is 557 g/mol. The van der Waals surface area contributed by atoms with Gasteiger partial charge in [0.15, 0.2) is 0 Å². The molecule has 0 radical (unpaired) electrons. The van der Waals surface area contributed by atoms with Crippen molar-refractivity contribution in [3.8, 4) is 0 Å². The van der Waals surface area contributed by atoms with Crippen molar-refractivity contribution in [3.63, 3.8) is 0 Å². The predicted octanol–water partition coefficient (Wildman–Crippen LogP) is 2.43. The van der Waals surface area contributed by atoms with Gasteiger partial charge < -0.3 is 29.4 Å². The van der Waals surface area contributed by atoms with E-state index in [9.17, 15) is 0 Å². The van der Waals surface area contributed by atoms with Crippen molar-refractivity contribution in [2.75, 3.05) is 159 Å². The molecule has 0 aromatic rings. The molecule has 0 aliphatic carbocycles. The number of likely N-dealkylation sites (N-methyl/N-ethyl adjacent to an activating group) is 6. The second-order valence-electron chi connectivity index (χ2n) is 11.3. The van der Waals surface area contributed by atoms with E-state index in [0.717, 1.165) is 85.1 Å². The highest BCUT2D eigenvalue weighted by atomic mass is 15.3. The van der Waals surface area contributed by atoms with Gasteiger partial charge >= 0.3 is 0 Å². The summed E-state index contributed by atoms with van der Waals surface area (Å²) in [5.41, 5.74) is 0. The van der Waals surface area contributed by atoms with Gasteiger partial charge in [-0.15, -0.1) is 0 Å². The Morgan fingerprint density at radius 1 is 0.256 bits per heavy atom. The van der Waals surface area contributed by atoms with Crippen LogP contribution in [0.15, 0.2) is 0 Å². The van der Waals surface area contributed by atoms with E-state index in [1.807, 2.05) is 0 Å². The topological polar surface area (TPSA) is 25.9 Å². The van der Waals surface area contributed by atoms with E-state index in [0.29, 0.717) is 0 Å². The number of nitrogens with zero attached hydrogens (tertiary/aromatic N) is 8. The zero-order valence-corrected chi connectivity index (χ0v) is 28.4. The normalized spacial score (nSPS) is 12.8. The standard InChI is InChI=1S/C31H72N8/c1-11-33(10)19-21-36(16-6)24-30-39(28-23-35(14-4)15-5)31-26-37(17-7)25-29-38(20-18-32(8)9)27-22-34(12-2)13-3/h11-31H2,1-10H3. The zero-order chi connectivity index (χ0) is 29.5. The van der Waals surface area contributed by atoms with E-state index in [-0.39, 0.29) is 0 Å². The van der Waals surface area contributed by atoms with Crippen molar-refractivity contribution in [1.82, 2.24) is 39.2 Å². The van der Waals surface area contributed by atoms with Crippen LogP contribution in [0.3, 0.4) is 0 Å². The molecule has 0 saturated heterocycles. The Hall–Kier alpha value is -0.320. The van der Waals surface area contributed by atoms with Crippen molar-refractivity contribution < 1.29 is 0 Å². The summed E-state index contributed by atoms with van der Waals surface area (Å²) in [4.78, 5) is 20.6. The van der Waals surface area contributed by atoms with Gasteiger partial charge in [0.05, 0.1) is 0 Å². The molecule has 0 atom stereocenters. The minimum atomic E-state index is 1.13. The number of hydrogen-bond donors (Lipinski definition) is 0. The quantitative estimate of drug-likeness (QED) is 0.145. The third-order valence-corrected chi connectivity index (χ3v) is 8.55. The van der Waals surface area contributed by atoms with Gasteiger partial charge in [0.25, 0.3) is 0 Å². The molecular weight excluding hydrogens is 484 g/mol. The molecule has 8 nitrogen and oxygen atoms in total. The van der Waals surface area contributed by atoms with Crippen molar-refractivity contribution in [3.05, 3.63) is 0 Å². The lowest BCUT2D eigenvalue weighted by atomic mass is 10.3. The Bertz CT molecular complexity index is 513. The highest BCUT2D eigenvalue weighted by molar-refractivity contribution is 4.71. The summed E-state index contributed by atoms with van der Waals surface area (Å²) in [7, 11) is 6.61. The minimum absolute atomic E-state index is 1.13. The van der Waals surface area contributed by atoms with Crippen LogP contribution in [0.25, 0.3) is 0 Å². The summed E-state index contributed by atoms with van der Waals surface area (Å²) in [6.07, 6.45) is 0. The SMILES string of the molecule is CCN(C)CCN(CC)CCN(CCN(CC)CC)CCN(CC)CCN(CCN(C)C)CCN(CC)CC. The Labute approximate surface area is 246 Å². The molecule has 0 amide bonds. The maximum Gasteiger partial charge on any atom is 0.0110 e. The van der Waals surface area contributed by atoms with Crippen LogP contribution < -0.4 is 0 Å². The fourth-order valence-electron chi connectivity index (χ4n) is 4.83. The molecule has 0 rings (SSSR count). The van der Waals surface area contributed by atoms with Gasteiger partial charge in [-0.2, -0.15) is 0 Å². The van der Waals surface area contributed by atoms with Crippen molar-refractivity contribution >= 4 is 0 Å². The largest absolute Gasteiger partial charge is 0.308 e. The van der Waals surface area contributed by atoms with Crippen LogP contribution >= 0.6 is 0 Å². The predicted molar refractivity (Wildman–Crippen MR) is 174 cm³/mol. The van der Waals surface area contributed by atoms with E-state index >= 15 is 0 Å². The molecule has 0 saturated carbocycles. The van der Waals surface area contributed by atoms with E-state index in [1.165, 1.54) is 52.4 Å². The summed E-state index contributed by atoms with van der Waals surface area (Å²) >= 11 is 0. The van der Waals surface area contributed by atoms with E-state index < -0.39 is 0 Å². The molecule has 0 fully saturated rings. The fourth-order valence-corrected chi connectivity index (χ4v) is 4.83. The molecule has 0 heterocycles. The first-order valence-electron chi connectivity index (χ1n) is 16.4. The van der Waals surface area contributed by atoms with Gasteiger partial charge in [-0.3, -0.25) is 9.80 Å². The van der Waals surface area contributed by atoms with Crippen LogP contribution in [-0.2, 0) is 0 Å². The fraction of sp³-hybridized carbons (Fsp3) is 1.00. The molecule has 0 unspecified atom stereocenters. The Morgan fingerprint density at radius 2 is 0.513 bits per heavy atom. The number of rotatable bonds is 28. The Kier molecular flexibility index (Phi) is 25.2. The zero-order valence-electron chi connectivity index (χ0n) is 28.4. The molecule has 39 heavy (non-hydrogen) atoms. The first-order chi connectivity index (χ1) is 18.8. The molecule has 0 aliphatic heterocycles. The Morgan fingerprint density at radius 3 is 0.795 bits per heavy atom. The highest BCUT2D eigenvalue weighted by Gasteiger charge is 2.14. The van der Waals surface area contributed by atoms with Crippen molar-refractivity contribution in [2.45, 2.75) is 48.5 Å². The van der Waals surface area contributed by atoms with Gasteiger partial charge in [0.1, 0.15) is 0 Å². The van der Waals surface area contributed by atoms with Crippen molar-refractivity contribution in [1.29, 1.82) is 0 Å². The van der Waals surface area contributed by atoms with Crippen LogP contribution in [0.4, 0.5) is 0 Å². The van der Waals surface area contributed by atoms with Crippen LogP contribution in [0, 0.1) is 0 Å². The summed E-state index contributed by atoms with van der Waals surface area (Å²) in [5.74, 6) is 0. The third-order valence-electron chi connectivity index (χ3n) is 8.55. The third kappa shape index (κ3) is 20.2. The summed E-state index contributed by atoms with van der Waals surface area (Å²) in [6, 6.07) is 0. The van der Waals surface area contributed by atoms with Crippen molar-refractivity contribution in [2.24, 2.45) is 0 Å². The number of hydrogen-bond acceptors (Lipinski definition) is 8. The monoisotopic (exact) mass is 557 g/mol. The minimum Gasteiger partial charge on any atom is -0.308 e. The summed E-state index contributed by atoms with van der Waals surface area (Å²) in [5, 5.41) is 0. The smallest absolute Gasteiger partial charge is 0.0110 e. The van der Waals surface area contributed by atoms with Crippen LogP contribution in [0.1, 0.15) is 48.5 Å². The molecule has 0 aliphatic rings. The van der Waals surface area contributed by atoms with Crippen LogP contribution in [0.2, 0.25) is 0 Å². The lowest BCUT2D eigenvalue weighted by molar-refractivity contribution is 0.143. The molecule has 0 aromatic heterocycles. The molecular formula is C31H72N8. The van der Waals surface area contributed by atoms with Crippen LogP contribution in [-0.4, -0.2) is 198 Å². The van der Waals surface area contributed by atoms with Gasteiger partial charge in [0, 0.05) is 91.6 Å². The average Bonchev–Trinajstić information content (AvgIpc) is 2.95. The molecule has 0 N–H and O–H groups in total. The summed E-state index contributed by atoms with van der Waals surface area (Å²) in [6.45, 7) is 40.3. The molecule has 8 heteroatoms. The van der Waals surface area contributed by atoms with Gasteiger partial charge in [-0.1, -0.05) is 48.5 Å². The first-order valence-corrected chi connectivity index (χ1v) is 16.4. The lowest BCUT2D eigenvalue weighted by Gasteiger charge is -2.33. The maximum absolute atomic E-state index is 2.73. The lowest BCUT2D eigenvalue weighted by Crippen LogP contribution is -2.46. The van der Waals surface area contributed by atoms with E-state index in [2.05, 4.69) is 109 Å². The van der Waals surface area contributed by atoms with Gasteiger partial charge in [-0.05, 0) is 67.0 Å². The summed E-state index contributed by atoms with van der Waals surface area (Å²) < 4.78 is 0. The van der Waals surface area contributed by atoms with Crippen LogP contribution in [0.5, 0.6) is 0 Å². The molecule has 0 bridgehead atoms. The second kappa shape index (κ2) is 25.4. The van der Waals surface area contributed by atoms with Gasteiger partial charge in [0.2, 0.25) is 0 Å². The highest BCUT2D eigenvalue weighted by Crippen LogP contribution is 2.00. The van der Waals surface area contributed by atoms with E-state index in [1.54, 1.807) is 0 Å². The first kappa shape index (κ1) is 38.7. The molecule has 0 aromatic carbocycles. The molecule has 0 spiro atoms. The molecule has 236 valence electrons. The van der Waals surface area contributed by atoms with Gasteiger partial charge in [-0.25, -0.2) is 0 Å². The van der Waals surface area contributed by atoms with E-state index in [4.69, 9.17) is 0 Å².